The quantitative estimate of drug-likeness (QED) is 0.857. The number of hydrogen-bond donors (Lipinski definition) is 1. The third kappa shape index (κ3) is 2.52. The van der Waals surface area contributed by atoms with Crippen LogP contribution in [0.1, 0.15) is 31.7 Å². The van der Waals surface area contributed by atoms with E-state index < -0.39 is 5.41 Å². The molecule has 0 radical (unpaired) electrons. The lowest BCUT2D eigenvalue weighted by Gasteiger charge is -2.26. The zero-order valence-corrected chi connectivity index (χ0v) is 11.2. The molecule has 0 heterocycles. The van der Waals surface area contributed by atoms with Gasteiger partial charge in [0.2, 0.25) is 0 Å². The normalized spacial score (nSPS) is 27.2. The van der Waals surface area contributed by atoms with Crippen molar-refractivity contribution in [2.45, 2.75) is 38.8 Å². The molecule has 4 heteroatoms. The molecule has 1 aliphatic rings. The Morgan fingerprint density at radius 1 is 1.56 bits per heavy atom. The molecule has 1 saturated carbocycles. The molecule has 1 aromatic rings. The first-order valence-electron chi connectivity index (χ1n) is 6.20. The second-order valence-electron chi connectivity index (χ2n) is 5.08. The Bertz CT molecular complexity index is 449. The van der Waals surface area contributed by atoms with Crippen LogP contribution in [0.5, 0.6) is 0 Å². The Morgan fingerprint density at radius 3 is 2.89 bits per heavy atom. The van der Waals surface area contributed by atoms with Gasteiger partial charge < -0.3 is 10.5 Å². The molecule has 2 N–H and O–H groups in total. The van der Waals surface area contributed by atoms with Crippen molar-refractivity contribution in [3.8, 4) is 0 Å². The van der Waals surface area contributed by atoms with Crippen LogP contribution < -0.4 is 5.73 Å². The smallest absolute Gasteiger partial charge is 0.313 e. The molecule has 0 aromatic heterocycles. The number of rotatable bonds is 3. The van der Waals surface area contributed by atoms with Crippen molar-refractivity contribution in [3.63, 3.8) is 0 Å². The van der Waals surface area contributed by atoms with E-state index in [0.29, 0.717) is 5.02 Å². The van der Waals surface area contributed by atoms with Gasteiger partial charge in [-0.25, -0.2) is 0 Å². The summed E-state index contributed by atoms with van der Waals surface area (Å²) in [4.78, 5) is 12.1. The lowest BCUT2D eigenvalue weighted by Crippen LogP contribution is -2.42. The minimum absolute atomic E-state index is 0.101. The first-order valence-corrected chi connectivity index (χ1v) is 6.58. The lowest BCUT2D eigenvalue weighted by atomic mass is 9.85. The van der Waals surface area contributed by atoms with Crippen molar-refractivity contribution in [2.24, 2.45) is 11.1 Å². The number of nitrogens with two attached hydrogens (primary N) is 1. The zero-order valence-electron chi connectivity index (χ0n) is 10.5. The van der Waals surface area contributed by atoms with E-state index in [1.54, 1.807) is 6.07 Å². The van der Waals surface area contributed by atoms with Gasteiger partial charge in [0.15, 0.2) is 0 Å². The average Bonchev–Trinajstić information content (AvgIpc) is 2.69. The molecule has 2 atom stereocenters. The zero-order chi connectivity index (χ0) is 13.2. The number of hydrogen-bond acceptors (Lipinski definition) is 3. The summed E-state index contributed by atoms with van der Waals surface area (Å²) in [5.41, 5.74) is 6.27. The van der Waals surface area contributed by atoms with Gasteiger partial charge in [0.05, 0.1) is 5.41 Å². The SMILES string of the molecule is CC1(C(=O)OCc2ccccc2Cl)CCCC1N. The van der Waals surface area contributed by atoms with Crippen LogP contribution in [0.3, 0.4) is 0 Å². The highest BCUT2D eigenvalue weighted by Crippen LogP contribution is 2.38. The summed E-state index contributed by atoms with van der Waals surface area (Å²) in [6.45, 7) is 2.10. The molecule has 0 amide bonds. The Hall–Kier alpha value is -1.06. The number of carbonyl (C=O) groups excluding carboxylic acids is 1. The van der Waals surface area contributed by atoms with Crippen molar-refractivity contribution in [1.82, 2.24) is 0 Å². The number of esters is 1. The molecular weight excluding hydrogens is 250 g/mol. The molecule has 0 spiro atoms. The first-order chi connectivity index (χ1) is 8.54. The van der Waals surface area contributed by atoms with Gasteiger partial charge in [-0.3, -0.25) is 4.79 Å². The topological polar surface area (TPSA) is 52.3 Å². The molecular formula is C14H18ClNO2. The largest absolute Gasteiger partial charge is 0.460 e. The number of halogens is 1. The Balaban J connectivity index is 1.99. The van der Waals surface area contributed by atoms with Crippen molar-refractivity contribution in [3.05, 3.63) is 34.9 Å². The fourth-order valence-corrected chi connectivity index (χ4v) is 2.56. The molecule has 18 heavy (non-hydrogen) atoms. The van der Waals surface area contributed by atoms with Crippen LogP contribution in [0, 0.1) is 5.41 Å². The second kappa shape index (κ2) is 5.29. The van der Waals surface area contributed by atoms with E-state index in [1.165, 1.54) is 0 Å². The monoisotopic (exact) mass is 267 g/mol. The van der Waals surface area contributed by atoms with E-state index in [1.807, 2.05) is 25.1 Å². The molecule has 1 aliphatic carbocycles. The van der Waals surface area contributed by atoms with Gasteiger partial charge in [0, 0.05) is 16.6 Å². The molecule has 3 nitrogen and oxygen atoms in total. The minimum Gasteiger partial charge on any atom is -0.460 e. The fourth-order valence-electron chi connectivity index (χ4n) is 2.37. The summed E-state index contributed by atoms with van der Waals surface area (Å²) in [5.74, 6) is -0.215. The van der Waals surface area contributed by atoms with Gasteiger partial charge >= 0.3 is 5.97 Å². The number of carbonyl (C=O) groups is 1. The molecule has 2 unspecified atom stereocenters. The number of benzene rings is 1. The van der Waals surface area contributed by atoms with Crippen LogP contribution in [0.4, 0.5) is 0 Å². The maximum Gasteiger partial charge on any atom is 0.313 e. The fraction of sp³-hybridized carbons (Fsp3) is 0.500. The van der Waals surface area contributed by atoms with E-state index in [0.717, 1.165) is 24.8 Å². The predicted octanol–water partition coefficient (Wildman–Crippen LogP) is 2.90. The van der Waals surface area contributed by atoms with E-state index in [-0.39, 0.29) is 18.6 Å². The van der Waals surface area contributed by atoms with Crippen LogP contribution in [0.25, 0.3) is 0 Å². The maximum atomic E-state index is 12.1. The molecule has 98 valence electrons. The highest BCUT2D eigenvalue weighted by molar-refractivity contribution is 6.31. The van der Waals surface area contributed by atoms with Gasteiger partial charge in [-0.1, -0.05) is 36.2 Å². The highest BCUT2D eigenvalue weighted by Gasteiger charge is 2.44. The minimum atomic E-state index is -0.540. The Morgan fingerprint density at radius 2 is 2.28 bits per heavy atom. The third-order valence-corrected chi connectivity index (χ3v) is 4.18. The molecule has 0 bridgehead atoms. The summed E-state index contributed by atoms with van der Waals surface area (Å²) in [6.07, 6.45) is 2.67. The summed E-state index contributed by atoms with van der Waals surface area (Å²) in [6, 6.07) is 7.26. The number of ether oxygens (including phenoxy) is 1. The van der Waals surface area contributed by atoms with Crippen molar-refractivity contribution < 1.29 is 9.53 Å². The van der Waals surface area contributed by atoms with Crippen LogP contribution >= 0.6 is 11.6 Å². The van der Waals surface area contributed by atoms with Crippen molar-refractivity contribution in [2.75, 3.05) is 0 Å². The van der Waals surface area contributed by atoms with Gasteiger partial charge in [0.1, 0.15) is 6.61 Å². The molecule has 1 fully saturated rings. The first kappa shape index (κ1) is 13.4. The van der Waals surface area contributed by atoms with Crippen LogP contribution in [-0.4, -0.2) is 12.0 Å². The van der Waals surface area contributed by atoms with Crippen molar-refractivity contribution >= 4 is 17.6 Å². The standard InChI is InChI=1S/C14H18ClNO2/c1-14(8-4-7-12(14)16)13(17)18-9-10-5-2-3-6-11(10)15/h2-3,5-6,12H,4,7-9,16H2,1H3. The Labute approximate surface area is 112 Å². The molecule has 0 saturated heterocycles. The molecule has 1 aromatic carbocycles. The van der Waals surface area contributed by atoms with E-state index >= 15 is 0 Å². The Kier molecular flexibility index (Phi) is 3.93. The maximum absolute atomic E-state index is 12.1. The summed E-state index contributed by atoms with van der Waals surface area (Å²) in [7, 11) is 0. The third-order valence-electron chi connectivity index (χ3n) is 3.81. The van der Waals surface area contributed by atoms with Gasteiger partial charge in [0.25, 0.3) is 0 Å². The summed E-state index contributed by atoms with van der Waals surface area (Å²) >= 11 is 6.01. The summed E-state index contributed by atoms with van der Waals surface area (Å²) in [5, 5.41) is 0.617. The average molecular weight is 268 g/mol. The molecule has 0 aliphatic heterocycles. The highest BCUT2D eigenvalue weighted by atomic mass is 35.5. The van der Waals surface area contributed by atoms with Crippen LogP contribution in [-0.2, 0) is 16.1 Å². The summed E-state index contributed by atoms with van der Waals surface area (Å²) < 4.78 is 5.36. The lowest BCUT2D eigenvalue weighted by molar-refractivity contribution is -0.156. The van der Waals surface area contributed by atoms with Gasteiger partial charge in [-0.15, -0.1) is 0 Å². The second-order valence-corrected chi connectivity index (χ2v) is 5.49. The van der Waals surface area contributed by atoms with Gasteiger partial charge in [-0.2, -0.15) is 0 Å². The van der Waals surface area contributed by atoms with Gasteiger partial charge in [-0.05, 0) is 25.8 Å². The van der Waals surface area contributed by atoms with Crippen LogP contribution in [0.15, 0.2) is 24.3 Å². The van der Waals surface area contributed by atoms with Crippen LogP contribution in [0.2, 0.25) is 5.02 Å². The van der Waals surface area contributed by atoms with Crippen molar-refractivity contribution in [1.29, 1.82) is 0 Å². The van der Waals surface area contributed by atoms with E-state index in [9.17, 15) is 4.79 Å². The van der Waals surface area contributed by atoms with E-state index in [4.69, 9.17) is 22.1 Å². The molecule has 2 rings (SSSR count). The van der Waals surface area contributed by atoms with E-state index in [2.05, 4.69) is 0 Å². The predicted molar refractivity (Wildman–Crippen MR) is 71.2 cm³/mol.